The van der Waals surface area contributed by atoms with Crippen molar-refractivity contribution in [2.75, 3.05) is 11.1 Å². The van der Waals surface area contributed by atoms with Gasteiger partial charge >= 0.3 is 6.18 Å². The van der Waals surface area contributed by atoms with Gasteiger partial charge in [-0.05, 0) is 32.0 Å². The molecule has 1 heterocycles. The Morgan fingerprint density at radius 3 is 2.75 bits per heavy atom. The summed E-state index contributed by atoms with van der Waals surface area (Å²) in [5.74, 6) is -0.455. The third-order valence-electron chi connectivity index (χ3n) is 2.98. The van der Waals surface area contributed by atoms with E-state index < -0.39 is 22.7 Å². The number of benzene rings is 1. The maximum atomic E-state index is 12.8. The molecule has 5 nitrogen and oxygen atoms in total. The molecule has 0 saturated heterocycles. The standard InChI is InChI=1S/C14H14ClF3N4OS/c1-8(2)22-7-19-21-13(22)24-6-12(23)20-9-3-4-11(15)10(5-9)14(16,17)18/h3-5,7-8H,6H2,1-2H3,(H,20,23). The summed E-state index contributed by atoms with van der Waals surface area (Å²) < 4.78 is 40.2. The molecule has 1 amide bonds. The fraction of sp³-hybridized carbons (Fsp3) is 0.357. The largest absolute Gasteiger partial charge is 0.417 e. The molecule has 0 atom stereocenters. The summed E-state index contributed by atoms with van der Waals surface area (Å²) in [6.07, 6.45) is -3.03. The minimum absolute atomic E-state index is 0.00457. The Bertz CT molecular complexity index is 733. The van der Waals surface area contributed by atoms with Gasteiger partial charge in [-0.1, -0.05) is 23.4 Å². The van der Waals surface area contributed by atoms with Gasteiger partial charge in [0.15, 0.2) is 5.16 Å². The molecule has 10 heteroatoms. The Kier molecular flexibility index (Phi) is 5.76. The molecule has 0 aliphatic carbocycles. The van der Waals surface area contributed by atoms with Gasteiger partial charge in [0, 0.05) is 11.7 Å². The van der Waals surface area contributed by atoms with Crippen LogP contribution in [0.3, 0.4) is 0 Å². The molecule has 0 aliphatic rings. The van der Waals surface area contributed by atoms with Crippen LogP contribution in [0.25, 0.3) is 0 Å². The van der Waals surface area contributed by atoms with Crippen molar-refractivity contribution in [3.05, 3.63) is 35.1 Å². The minimum atomic E-state index is -4.58. The summed E-state index contributed by atoms with van der Waals surface area (Å²) in [6.45, 7) is 3.89. The molecule has 24 heavy (non-hydrogen) atoms. The molecule has 0 bridgehead atoms. The number of nitrogens with zero attached hydrogens (tertiary/aromatic N) is 3. The number of nitrogens with one attached hydrogen (secondary N) is 1. The van der Waals surface area contributed by atoms with E-state index in [2.05, 4.69) is 15.5 Å². The van der Waals surface area contributed by atoms with E-state index in [1.807, 2.05) is 13.8 Å². The predicted octanol–water partition coefficient (Wildman–Crippen LogP) is 4.26. The zero-order chi connectivity index (χ0) is 17.9. The van der Waals surface area contributed by atoms with Crippen LogP contribution in [0.4, 0.5) is 18.9 Å². The van der Waals surface area contributed by atoms with Gasteiger partial charge < -0.3 is 9.88 Å². The first-order valence-corrected chi connectivity index (χ1v) is 8.23. The van der Waals surface area contributed by atoms with Gasteiger partial charge in [-0.15, -0.1) is 10.2 Å². The number of carbonyl (C=O) groups is 1. The first kappa shape index (κ1) is 18.6. The third-order valence-corrected chi connectivity index (χ3v) is 4.27. The highest BCUT2D eigenvalue weighted by atomic mass is 35.5. The van der Waals surface area contributed by atoms with Crippen molar-refractivity contribution < 1.29 is 18.0 Å². The average Bonchev–Trinajstić information content (AvgIpc) is 2.94. The number of rotatable bonds is 5. The van der Waals surface area contributed by atoms with Crippen LogP contribution in [0.2, 0.25) is 5.02 Å². The second kappa shape index (κ2) is 7.43. The molecule has 2 rings (SSSR count). The van der Waals surface area contributed by atoms with Crippen LogP contribution < -0.4 is 5.32 Å². The lowest BCUT2D eigenvalue weighted by atomic mass is 10.2. The minimum Gasteiger partial charge on any atom is -0.325 e. The summed E-state index contributed by atoms with van der Waals surface area (Å²) in [5.41, 5.74) is -0.961. The number of halogens is 4. The van der Waals surface area contributed by atoms with Crippen LogP contribution in [0.1, 0.15) is 25.5 Å². The highest BCUT2D eigenvalue weighted by Crippen LogP contribution is 2.36. The van der Waals surface area contributed by atoms with Crippen molar-refractivity contribution >= 4 is 35.0 Å². The predicted molar refractivity (Wildman–Crippen MR) is 86.2 cm³/mol. The van der Waals surface area contributed by atoms with Gasteiger partial charge in [-0.2, -0.15) is 13.2 Å². The molecule has 1 aromatic heterocycles. The van der Waals surface area contributed by atoms with Gasteiger partial charge in [0.1, 0.15) is 6.33 Å². The monoisotopic (exact) mass is 378 g/mol. The van der Waals surface area contributed by atoms with Gasteiger partial charge in [0.05, 0.1) is 16.3 Å². The summed E-state index contributed by atoms with van der Waals surface area (Å²) in [4.78, 5) is 11.9. The number of hydrogen-bond donors (Lipinski definition) is 1. The molecule has 2 aromatic rings. The fourth-order valence-corrected chi connectivity index (χ4v) is 2.91. The molecule has 0 aliphatic heterocycles. The van der Waals surface area contributed by atoms with Gasteiger partial charge in [0.25, 0.3) is 0 Å². The van der Waals surface area contributed by atoms with Crippen molar-refractivity contribution in [1.82, 2.24) is 14.8 Å². The van der Waals surface area contributed by atoms with E-state index in [1.54, 1.807) is 10.9 Å². The number of hydrogen-bond acceptors (Lipinski definition) is 4. The van der Waals surface area contributed by atoms with Crippen molar-refractivity contribution in [1.29, 1.82) is 0 Å². The quantitative estimate of drug-likeness (QED) is 0.790. The lowest BCUT2D eigenvalue weighted by Gasteiger charge is -2.12. The lowest BCUT2D eigenvalue weighted by Crippen LogP contribution is -2.16. The van der Waals surface area contributed by atoms with E-state index in [4.69, 9.17) is 11.6 Å². The van der Waals surface area contributed by atoms with Gasteiger partial charge in [-0.3, -0.25) is 4.79 Å². The maximum Gasteiger partial charge on any atom is 0.417 e. The van der Waals surface area contributed by atoms with Crippen LogP contribution in [0, 0.1) is 0 Å². The average molecular weight is 379 g/mol. The van der Waals surface area contributed by atoms with Crippen molar-refractivity contribution in [2.24, 2.45) is 0 Å². The van der Waals surface area contributed by atoms with Gasteiger partial charge in [0.2, 0.25) is 5.91 Å². The zero-order valence-electron chi connectivity index (χ0n) is 12.8. The van der Waals surface area contributed by atoms with E-state index in [0.29, 0.717) is 5.16 Å². The van der Waals surface area contributed by atoms with Crippen LogP contribution in [-0.4, -0.2) is 26.4 Å². The van der Waals surface area contributed by atoms with E-state index >= 15 is 0 Å². The van der Waals surface area contributed by atoms with Crippen LogP contribution in [0.15, 0.2) is 29.7 Å². The number of alkyl halides is 3. The molecular formula is C14H14ClF3N4OS. The van der Waals surface area contributed by atoms with Crippen molar-refractivity contribution in [3.8, 4) is 0 Å². The Morgan fingerprint density at radius 2 is 2.12 bits per heavy atom. The Morgan fingerprint density at radius 1 is 1.42 bits per heavy atom. The number of carbonyl (C=O) groups excluding carboxylic acids is 1. The maximum absolute atomic E-state index is 12.8. The lowest BCUT2D eigenvalue weighted by molar-refractivity contribution is -0.137. The Hall–Kier alpha value is -1.74. The highest BCUT2D eigenvalue weighted by Gasteiger charge is 2.33. The molecular weight excluding hydrogens is 365 g/mol. The number of thioether (sulfide) groups is 1. The smallest absolute Gasteiger partial charge is 0.325 e. The van der Waals surface area contributed by atoms with Crippen LogP contribution >= 0.6 is 23.4 Å². The zero-order valence-corrected chi connectivity index (χ0v) is 14.3. The molecule has 0 spiro atoms. The number of aromatic nitrogens is 3. The second-order valence-electron chi connectivity index (χ2n) is 5.14. The van der Waals surface area contributed by atoms with E-state index in [9.17, 15) is 18.0 Å². The fourth-order valence-electron chi connectivity index (χ4n) is 1.84. The highest BCUT2D eigenvalue weighted by molar-refractivity contribution is 7.99. The van der Waals surface area contributed by atoms with Crippen molar-refractivity contribution in [3.63, 3.8) is 0 Å². The van der Waals surface area contributed by atoms with E-state index in [1.165, 1.54) is 6.07 Å². The SMILES string of the molecule is CC(C)n1cnnc1SCC(=O)Nc1ccc(Cl)c(C(F)(F)F)c1. The van der Waals surface area contributed by atoms with E-state index in [-0.39, 0.29) is 17.5 Å². The summed E-state index contributed by atoms with van der Waals surface area (Å²) in [6, 6.07) is 3.36. The molecule has 130 valence electrons. The Balaban J connectivity index is 2.01. The van der Waals surface area contributed by atoms with Gasteiger partial charge in [-0.25, -0.2) is 0 Å². The number of amides is 1. The summed E-state index contributed by atoms with van der Waals surface area (Å²) in [7, 11) is 0. The molecule has 0 unspecified atom stereocenters. The van der Waals surface area contributed by atoms with E-state index in [0.717, 1.165) is 23.9 Å². The van der Waals surface area contributed by atoms with Crippen molar-refractivity contribution in [2.45, 2.75) is 31.2 Å². The summed E-state index contributed by atoms with van der Waals surface area (Å²) in [5, 5.41) is 10.2. The molecule has 1 aromatic carbocycles. The van der Waals surface area contributed by atoms with Crippen LogP contribution in [0.5, 0.6) is 0 Å². The first-order valence-electron chi connectivity index (χ1n) is 6.87. The summed E-state index contributed by atoms with van der Waals surface area (Å²) >= 11 is 6.69. The molecule has 1 N–H and O–H groups in total. The Labute approximate surface area is 145 Å². The third kappa shape index (κ3) is 4.64. The first-order chi connectivity index (χ1) is 11.2. The number of anilines is 1. The second-order valence-corrected chi connectivity index (χ2v) is 6.49. The molecule has 0 fully saturated rings. The normalized spacial score (nSPS) is 11.8. The molecule has 0 radical (unpaired) electrons. The molecule has 0 saturated carbocycles. The van der Waals surface area contributed by atoms with Crippen LogP contribution in [-0.2, 0) is 11.0 Å². The topological polar surface area (TPSA) is 59.8 Å².